The fraction of sp³-hybridized carbons (Fsp3) is 0.558. The van der Waals surface area contributed by atoms with E-state index in [1.165, 1.54) is 19.3 Å². The zero-order valence-corrected chi connectivity index (χ0v) is 38.1. The van der Waals surface area contributed by atoms with Crippen LogP contribution in [-0.4, -0.2) is 75.5 Å². The zero-order valence-electron chi connectivity index (χ0n) is 38.1. The Morgan fingerprint density at radius 2 is 0.983 bits per heavy atom. The Bertz CT molecular complexity index is 1390. The van der Waals surface area contributed by atoms with Gasteiger partial charge in [-0.2, -0.15) is 0 Å². The number of unbranched alkanes of at least 4 members (excludes halogenated alkanes) is 8. The van der Waals surface area contributed by atoms with Gasteiger partial charge < -0.3 is 28.6 Å². The van der Waals surface area contributed by atoms with E-state index >= 15 is 0 Å². The number of hydrogen-bond acceptors (Lipinski definition) is 7. The molecule has 0 amide bonds. The Morgan fingerprint density at radius 1 is 0.517 bits per heavy atom. The minimum absolute atomic E-state index is 0.00427. The molecule has 0 aromatic heterocycles. The molecule has 0 bridgehead atoms. The van der Waals surface area contributed by atoms with Crippen LogP contribution in [0, 0.1) is 0 Å². The number of quaternary nitrogens is 1. The first kappa shape index (κ1) is 55.7. The molecule has 0 spiro atoms. The van der Waals surface area contributed by atoms with Gasteiger partial charge in [0.2, 0.25) is 0 Å². The molecular weight excluding hydrogens is 751 g/mol. The fourth-order valence-electron chi connectivity index (χ4n) is 5.77. The average molecular weight is 832 g/mol. The van der Waals surface area contributed by atoms with Crippen molar-refractivity contribution in [2.45, 2.75) is 148 Å². The van der Waals surface area contributed by atoms with Gasteiger partial charge in [-0.25, -0.2) is 0 Å². The molecule has 0 aliphatic heterocycles. The molecule has 0 saturated heterocycles. The van der Waals surface area contributed by atoms with Crippen molar-refractivity contribution >= 4 is 17.9 Å². The van der Waals surface area contributed by atoms with Gasteiger partial charge in [0.05, 0.1) is 40.3 Å². The van der Waals surface area contributed by atoms with Gasteiger partial charge in [-0.3, -0.25) is 9.59 Å². The Kier molecular flexibility index (Phi) is 38.5. The van der Waals surface area contributed by atoms with Crippen LogP contribution in [0.25, 0.3) is 0 Å². The first-order valence-electron chi connectivity index (χ1n) is 22.6. The van der Waals surface area contributed by atoms with Crippen LogP contribution in [0.4, 0.5) is 0 Å². The molecule has 0 rings (SSSR count). The van der Waals surface area contributed by atoms with Gasteiger partial charge in [-0.15, -0.1) is 0 Å². The molecule has 2 unspecified atom stereocenters. The van der Waals surface area contributed by atoms with Crippen molar-refractivity contribution in [2.24, 2.45) is 0 Å². The van der Waals surface area contributed by atoms with Crippen molar-refractivity contribution in [1.29, 1.82) is 0 Å². The molecule has 0 saturated carbocycles. The highest BCUT2D eigenvalue weighted by Crippen LogP contribution is 2.12. The summed E-state index contributed by atoms with van der Waals surface area (Å²) in [6, 6.07) is -0.746. The minimum Gasteiger partial charge on any atom is -0.544 e. The van der Waals surface area contributed by atoms with E-state index in [9.17, 15) is 19.5 Å². The SMILES string of the molecule is CC/C=C/C=C/C=C/C=C/C=C/CCCC(=O)OCC(COCCC(C(=O)[O-])[N+](C)(C)C)OC(=O)CCCCCCCCC/C=C/C/C=C/C/C=C/C/C=C/C/C=C/CC. The van der Waals surface area contributed by atoms with Gasteiger partial charge in [0.25, 0.3) is 0 Å². The second-order valence-electron chi connectivity index (χ2n) is 15.6. The van der Waals surface area contributed by atoms with E-state index in [-0.39, 0.29) is 55.5 Å². The van der Waals surface area contributed by atoms with Crippen LogP contribution in [0.15, 0.2) is 122 Å². The summed E-state index contributed by atoms with van der Waals surface area (Å²) < 4.78 is 17.1. The second kappa shape index (κ2) is 41.5. The van der Waals surface area contributed by atoms with E-state index in [1.54, 1.807) is 21.1 Å². The van der Waals surface area contributed by atoms with Crippen molar-refractivity contribution in [3.05, 3.63) is 122 Å². The molecule has 0 N–H and O–H groups in total. The van der Waals surface area contributed by atoms with Crippen LogP contribution < -0.4 is 5.11 Å². The van der Waals surface area contributed by atoms with E-state index in [4.69, 9.17) is 14.2 Å². The molecule has 0 radical (unpaired) electrons. The van der Waals surface area contributed by atoms with Crippen LogP contribution in [0.2, 0.25) is 0 Å². The summed E-state index contributed by atoms with van der Waals surface area (Å²) in [4.78, 5) is 36.8. The number of carbonyl (C=O) groups excluding carboxylic acids is 3. The predicted molar refractivity (Wildman–Crippen MR) is 249 cm³/mol. The lowest BCUT2D eigenvalue weighted by Crippen LogP contribution is -2.55. The lowest BCUT2D eigenvalue weighted by molar-refractivity contribution is -0.889. The molecule has 0 aliphatic carbocycles. The summed E-state index contributed by atoms with van der Waals surface area (Å²) >= 11 is 0. The van der Waals surface area contributed by atoms with Crippen LogP contribution in [0.5, 0.6) is 0 Å². The third-order valence-electron chi connectivity index (χ3n) is 9.22. The zero-order chi connectivity index (χ0) is 44.2. The Labute approximate surface area is 365 Å². The maximum atomic E-state index is 12.7. The topological polar surface area (TPSA) is 102 Å². The van der Waals surface area contributed by atoms with Gasteiger partial charge in [-0.1, -0.05) is 167 Å². The minimum atomic E-state index is -1.14. The number of carboxylic acid groups (broad SMARTS) is 1. The number of nitrogens with zero attached hydrogens (tertiary/aromatic N) is 1. The first-order chi connectivity index (χ1) is 29.1. The van der Waals surface area contributed by atoms with E-state index in [0.717, 1.165) is 77.0 Å². The molecule has 8 heteroatoms. The number of likely N-dealkylation sites (N-methyl/N-ethyl adjacent to an activating group) is 1. The Hall–Kier alpha value is -4.27. The number of hydrogen-bond donors (Lipinski definition) is 0. The summed E-state index contributed by atoms with van der Waals surface area (Å²) in [6.07, 6.45) is 58.1. The summed E-state index contributed by atoms with van der Waals surface area (Å²) in [5.41, 5.74) is 0. The number of ether oxygens (including phenoxy) is 3. The number of aliphatic carboxylic acids is 1. The normalized spacial score (nSPS) is 14.1. The van der Waals surface area contributed by atoms with E-state index in [1.807, 2.05) is 54.7 Å². The smallest absolute Gasteiger partial charge is 0.306 e. The molecule has 0 aliphatic rings. The fourth-order valence-corrected chi connectivity index (χ4v) is 5.77. The molecule has 336 valence electrons. The van der Waals surface area contributed by atoms with Crippen molar-refractivity contribution in [3.8, 4) is 0 Å². The van der Waals surface area contributed by atoms with Gasteiger partial charge in [-0.05, 0) is 70.6 Å². The van der Waals surface area contributed by atoms with Gasteiger partial charge in [0, 0.05) is 19.3 Å². The molecule has 8 nitrogen and oxygen atoms in total. The second-order valence-corrected chi connectivity index (χ2v) is 15.6. The third-order valence-corrected chi connectivity index (χ3v) is 9.22. The van der Waals surface area contributed by atoms with Crippen molar-refractivity contribution in [1.82, 2.24) is 0 Å². The van der Waals surface area contributed by atoms with Crippen molar-refractivity contribution in [3.63, 3.8) is 0 Å². The Balaban J connectivity index is 4.42. The highest BCUT2D eigenvalue weighted by atomic mass is 16.6. The molecule has 0 aromatic rings. The largest absolute Gasteiger partial charge is 0.544 e. The number of carboxylic acids is 1. The van der Waals surface area contributed by atoms with Crippen LogP contribution in [0.3, 0.4) is 0 Å². The van der Waals surface area contributed by atoms with E-state index in [0.29, 0.717) is 6.42 Å². The summed E-state index contributed by atoms with van der Waals surface area (Å²) in [5.74, 6) is -1.87. The number of allylic oxidation sites excluding steroid dienone is 20. The maximum absolute atomic E-state index is 12.7. The monoisotopic (exact) mass is 832 g/mol. The van der Waals surface area contributed by atoms with Crippen LogP contribution in [-0.2, 0) is 28.6 Å². The lowest BCUT2D eigenvalue weighted by atomic mass is 10.1. The summed E-state index contributed by atoms with van der Waals surface area (Å²) in [7, 11) is 5.36. The maximum Gasteiger partial charge on any atom is 0.306 e. The highest BCUT2D eigenvalue weighted by molar-refractivity contribution is 5.70. The number of rotatable bonds is 38. The van der Waals surface area contributed by atoms with E-state index in [2.05, 4.69) is 80.7 Å². The van der Waals surface area contributed by atoms with Gasteiger partial charge in [0.15, 0.2) is 6.10 Å². The van der Waals surface area contributed by atoms with Crippen LogP contribution >= 0.6 is 0 Å². The van der Waals surface area contributed by atoms with E-state index < -0.39 is 18.1 Å². The quantitative estimate of drug-likeness (QED) is 0.0201. The van der Waals surface area contributed by atoms with Gasteiger partial charge in [0.1, 0.15) is 12.6 Å². The molecular formula is C52H81NO7. The molecule has 60 heavy (non-hydrogen) atoms. The molecule has 2 atom stereocenters. The van der Waals surface area contributed by atoms with Gasteiger partial charge >= 0.3 is 11.9 Å². The summed E-state index contributed by atoms with van der Waals surface area (Å²) in [6.45, 7) is 4.28. The highest BCUT2D eigenvalue weighted by Gasteiger charge is 2.25. The average Bonchev–Trinajstić information content (AvgIpc) is 3.21. The van der Waals surface area contributed by atoms with Crippen LogP contribution in [0.1, 0.15) is 136 Å². The standard InChI is InChI=1S/C52H81NO7/c1-6-8-10-12-14-16-18-20-21-22-23-24-25-26-27-28-29-31-33-35-37-39-41-43-51(55)60-48(46-58-45-44-49(52(56)57)53(3,4)5)47-59-50(54)42-40-38-36-34-32-30-19-17-15-13-11-9-7-2/h8-11,13-17,19-21,23-24,26-27,30,32,34,36,48-49H,6-7,12,18,22,25,28-29,31,33,35,37-47H2,1-5H3/b10-8+,11-9+,15-13+,16-14+,19-17+,21-20+,24-23+,27-26+,32-30+,36-34+. The third kappa shape index (κ3) is 39.2. The van der Waals surface area contributed by atoms with Crippen molar-refractivity contribution < 1.29 is 38.2 Å². The lowest BCUT2D eigenvalue weighted by Gasteiger charge is -2.34. The Morgan fingerprint density at radius 3 is 1.53 bits per heavy atom. The molecule has 0 fully saturated rings. The number of carbonyl (C=O) groups is 3. The molecule has 0 aromatic carbocycles. The molecule has 0 heterocycles. The first-order valence-corrected chi connectivity index (χ1v) is 22.6. The predicted octanol–water partition coefficient (Wildman–Crippen LogP) is 11.3. The van der Waals surface area contributed by atoms with Crippen molar-refractivity contribution in [2.75, 3.05) is 41.0 Å². The summed E-state index contributed by atoms with van der Waals surface area (Å²) in [5, 5.41) is 11.6. The number of esters is 2.